The van der Waals surface area contributed by atoms with E-state index in [2.05, 4.69) is 15.2 Å². The summed E-state index contributed by atoms with van der Waals surface area (Å²) < 4.78 is 1.60. The van der Waals surface area contributed by atoms with Crippen molar-refractivity contribution in [3.05, 3.63) is 71.9 Å². The van der Waals surface area contributed by atoms with E-state index in [-0.39, 0.29) is 16.8 Å². The van der Waals surface area contributed by atoms with Crippen LogP contribution in [0, 0.1) is 0 Å². The van der Waals surface area contributed by atoms with Crippen molar-refractivity contribution >= 4 is 17.8 Å². The van der Waals surface area contributed by atoms with Gasteiger partial charge in [-0.1, -0.05) is 17.2 Å². The number of benzene rings is 1. The monoisotopic (exact) mass is 335 g/mol. The second-order valence-electron chi connectivity index (χ2n) is 5.08. The molecule has 2 amide bonds. The standard InChI is InChI=1S/C16H9N5O4/c22-14-10-3-1-2-4-11(10)15(23)21(14)25-16(24)12-5-6-13(19-18-12)20-8-7-17-9-20/h1-9H. The van der Waals surface area contributed by atoms with Crippen LogP contribution < -0.4 is 0 Å². The molecule has 9 heteroatoms. The molecule has 0 spiro atoms. The molecule has 3 aromatic rings. The number of carbonyl (C=O) groups is 3. The number of aromatic nitrogens is 4. The van der Waals surface area contributed by atoms with E-state index in [0.717, 1.165) is 0 Å². The zero-order valence-corrected chi connectivity index (χ0v) is 12.6. The first-order valence-electron chi connectivity index (χ1n) is 7.17. The Morgan fingerprint density at radius 1 is 0.960 bits per heavy atom. The van der Waals surface area contributed by atoms with Gasteiger partial charge in [0.1, 0.15) is 6.33 Å². The van der Waals surface area contributed by atoms with E-state index in [1.165, 1.54) is 30.6 Å². The van der Waals surface area contributed by atoms with Crippen LogP contribution in [0.3, 0.4) is 0 Å². The quantitative estimate of drug-likeness (QED) is 0.658. The van der Waals surface area contributed by atoms with Crippen LogP contribution in [0.25, 0.3) is 5.82 Å². The Bertz CT molecular complexity index is 947. The number of hydrogen-bond acceptors (Lipinski definition) is 7. The molecule has 0 unspecified atom stereocenters. The van der Waals surface area contributed by atoms with Crippen LogP contribution in [-0.2, 0) is 4.84 Å². The molecule has 2 aromatic heterocycles. The lowest BCUT2D eigenvalue weighted by Crippen LogP contribution is -2.33. The minimum absolute atomic E-state index is 0.138. The lowest BCUT2D eigenvalue weighted by Gasteiger charge is -2.12. The summed E-state index contributed by atoms with van der Waals surface area (Å²) in [5, 5.41) is 8.06. The average molecular weight is 335 g/mol. The van der Waals surface area contributed by atoms with Crippen molar-refractivity contribution in [3.8, 4) is 5.82 Å². The van der Waals surface area contributed by atoms with Crippen LogP contribution in [0.2, 0.25) is 0 Å². The van der Waals surface area contributed by atoms with E-state index in [1.807, 2.05) is 0 Å². The van der Waals surface area contributed by atoms with Crippen molar-refractivity contribution in [1.82, 2.24) is 24.8 Å². The van der Waals surface area contributed by atoms with Gasteiger partial charge in [0, 0.05) is 12.4 Å². The van der Waals surface area contributed by atoms with Crippen molar-refractivity contribution in [2.24, 2.45) is 0 Å². The molecule has 0 saturated heterocycles. The second kappa shape index (κ2) is 5.64. The van der Waals surface area contributed by atoms with Crippen LogP contribution >= 0.6 is 0 Å². The molecule has 0 fully saturated rings. The van der Waals surface area contributed by atoms with E-state index in [4.69, 9.17) is 4.84 Å². The second-order valence-corrected chi connectivity index (χ2v) is 5.08. The van der Waals surface area contributed by atoms with Gasteiger partial charge in [-0.25, -0.2) is 9.78 Å². The van der Waals surface area contributed by atoms with Crippen LogP contribution in [0.5, 0.6) is 0 Å². The first-order valence-corrected chi connectivity index (χ1v) is 7.17. The zero-order valence-electron chi connectivity index (χ0n) is 12.6. The predicted octanol–water partition coefficient (Wildman–Crippen LogP) is 1.03. The molecular weight excluding hydrogens is 326 g/mol. The molecule has 0 bridgehead atoms. The van der Waals surface area contributed by atoms with Gasteiger partial charge >= 0.3 is 5.97 Å². The number of amides is 2. The molecule has 0 saturated carbocycles. The molecular formula is C16H9N5O4. The molecule has 1 aromatic carbocycles. The van der Waals surface area contributed by atoms with Gasteiger partial charge in [0.25, 0.3) is 11.8 Å². The third-order valence-corrected chi connectivity index (χ3v) is 3.56. The third kappa shape index (κ3) is 2.43. The largest absolute Gasteiger partial charge is 0.384 e. The topological polar surface area (TPSA) is 107 Å². The number of nitrogens with zero attached hydrogens (tertiary/aromatic N) is 5. The van der Waals surface area contributed by atoms with Crippen LogP contribution in [0.15, 0.2) is 55.1 Å². The number of carbonyl (C=O) groups excluding carboxylic acids is 3. The van der Waals surface area contributed by atoms with Crippen molar-refractivity contribution in [2.75, 3.05) is 0 Å². The summed E-state index contributed by atoms with van der Waals surface area (Å²) in [7, 11) is 0. The van der Waals surface area contributed by atoms with E-state index in [1.54, 1.807) is 29.1 Å². The number of fused-ring (bicyclic) bond motifs is 1. The molecule has 9 nitrogen and oxygen atoms in total. The maximum atomic E-state index is 12.2. The molecule has 1 aliphatic heterocycles. The van der Waals surface area contributed by atoms with Gasteiger partial charge in [0.15, 0.2) is 11.5 Å². The third-order valence-electron chi connectivity index (χ3n) is 3.56. The number of imidazole rings is 1. The number of hydroxylamine groups is 2. The highest BCUT2D eigenvalue weighted by atomic mass is 16.7. The SMILES string of the molecule is O=C(ON1C(=O)c2ccccc2C1=O)c1ccc(-n2ccnc2)nn1. The molecule has 0 radical (unpaired) electrons. The molecule has 0 aliphatic carbocycles. The number of imide groups is 1. The summed E-state index contributed by atoms with van der Waals surface area (Å²) in [6.07, 6.45) is 4.77. The fraction of sp³-hybridized carbons (Fsp3) is 0. The Morgan fingerprint density at radius 2 is 1.68 bits per heavy atom. The van der Waals surface area contributed by atoms with Crippen molar-refractivity contribution in [3.63, 3.8) is 0 Å². The van der Waals surface area contributed by atoms with Crippen molar-refractivity contribution in [2.45, 2.75) is 0 Å². The van der Waals surface area contributed by atoms with Gasteiger partial charge in [-0.3, -0.25) is 14.2 Å². The summed E-state index contributed by atoms with van der Waals surface area (Å²) in [5.74, 6) is -1.90. The maximum Gasteiger partial charge on any atom is 0.384 e. The number of rotatable bonds is 3. The van der Waals surface area contributed by atoms with Crippen LogP contribution in [0.4, 0.5) is 0 Å². The zero-order chi connectivity index (χ0) is 17.4. The normalized spacial score (nSPS) is 13.0. The summed E-state index contributed by atoms with van der Waals surface area (Å²) in [5.41, 5.74) is 0.226. The Labute approximate surface area is 140 Å². The Morgan fingerprint density at radius 3 is 2.24 bits per heavy atom. The van der Waals surface area contributed by atoms with E-state index < -0.39 is 17.8 Å². The minimum atomic E-state index is -0.959. The molecule has 0 atom stereocenters. The van der Waals surface area contributed by atoms with Gasteiger partial charge < -0.3 is 4.84 Å². The summed E-state index contributed by atoms with van der Waals surface area (Å²) in [6.45, 7) is 0. The fourth-order valence-corrected chi connectivity index (χ4v) is 2.35. The van der Waals surface area contributed by atoms with Crippen molar-refractivity contribution < 1.29 is 19.2 Å². The Kier molecular flexibility index (Phi) is 3.31. The summed E-state index contributed by atoms with van der Waals surface area (Å²) >= 11 is 0. The lowest BCUT2D eigenvalue weighted by atomic mass is 10.1. The average Bonchev–Trinajstić information content (AvgIpc) is 3.26. The van der Waals surface area contributed by atoms with Gasteiger partial charge in [0.2, 0.25) is 0 Å². The van der Waals surface area contributed by atoms with E-state index in [0.29, 0.717) is 10.9 Å². The Balaban J connectivity index is 1.53. The molecule has 0 N–H and O–H groups in total. The van der Waals surface area contributed by atoms with E-state index in [9.17, 15) is 14.4 Å². The fourth-order valence-electron chi connectivity index (χ4n) is 2.35. The highest BCUT2D eigenvalue weighted by Crippen LogP contribution is 2.23. The molecule has 4 rings (SSSR count). The van der Waals surface area contributed by atoms with E-state index >= 15 is 0 Å². The summed E-state index contributed by atoms with van der Waals surface area (Å²) in [6, 6.07) is 9.13. The molecule has 1 aliphatic rings. The first-order chi connectivity index (χ1) is 12.1. The maximum absolute atomic E-state index is 12.2. The summed E-state index contributed by atoms with van der Waals surface area (Å²) in [4.78, 5) is 45.3. The minimum Gasteiger partial charge on any atom is -0.322 e. The highest BCUT2D eigenvalue weighted by molar-refractivity contribution is 6.21. The molecule has 122 valence electrons. The number of hydrogen-bond donors (Lipinski definition) is 0. The van der Waals surface area contributed by atoms with Gasteiger partial charge in [-0.2, -0.15) is 0 Å². The van der Waals surface area contributed by atoms with Crippen LogP contribution in [0.1, 0.15) is 31.2 Å². The Hall–Kier alpha value is -3.88. The smallest absolute Gasteiger partial charge is 0.322 e. The van der Waals surface area contributed by atoms with Gasteiger partial charge in [-0.05, 0) is 24.3 Å². The van der Waals surface area contributed by atoms with Gasteiger partial charge in [0.05, 0.1) is 11.1 Å². The van der Waals surface area contributed by atoms with Gasteiger partial charge in [-0.15, -0.1) is 10.2 Å². The molecule has 25 heavy (non-hydrogen) atoms. The molecule has 3 heterocycles. The lowest BCUT2D eigenvalue weighted by molar-refractivity contribution is -0.0589. The van der Waals surface area contributed by atoms with Crippen LogP contribution in [-0.4, -0.2) is 42.6 Å². The highest BCUT2D eigenvalue weighted by Gasteiger charge is 2.39. The van der Waals surface area contributed by atoms with Crippen molar-refractivity contribution in [1.29, 1.82) is 0 Å². The predicted molar refractivity (Wildman–Crippen MR) is 81.5 cm³/mol. The first kappa shape index (κ1) is 14.7.